The lowest BCUT2D eigenvalue weighted by Gasteiger charge is -2.28. The number of benzene rings is 1. The van der Waals surface area contributed by atoms with Crippen LogP contribution in [0.3, 0.4) is 0 Å². The fourth-order valence-corrected chi connectivity index (χ4v) is 3.13. The van der Waals surface area contributed by atoms with Gasteiger partial charge in [0, 0.05) is 13.2 Å². The molecular weight excluding hydrogens is 394 g/mol. The minimum absolute atomic E-state index is 0.0291. The summed E-state index contributed by atoms with van der Waals surface area (Å²) in [5, 5.41) is 0. The third-order valence-corrected chi connectivity index (χ3v) is 4.83. The van der Waals surface area contributed by atoms with Gasteiger partial charge in [0.15, 0.2) is 0 Å². The Morgan fingerprint density at radius 2 is 1.83 bits per heavy atom. The van der Waals surface area contributed by atoms with E-state index in [4.69, 9.17) is 25.8 Å². The van der Waals surface area contributed by atoms with Crippen molar-refractivity contribution in [2.45, 2.75) is 52.2 Å². The highest BCUT2D eigenvalue weighted by molar-refractivity contribution is 6.18. The van der Waals surface area contributed by atoms with E-state index < -0.39 is 17.7 Å². The highest BCUT2D eigenvalue weighted by Crippen LogP contribution is 2.49. The maximum Gasteiger partial charge on any atom is 0.410 e. The van der Waals surface area contributed by atoms with Crippen LogP contribution in [0.4, 0.5) is 4.79 Å². The van der Waals surface area contributed by atoms with Crippen molar-refractivity contribution in [3.8, 4) is 0 Å². The molecule has 1 aliphatic carbocycles. The molecule has 1 fully saturated rings. The van der Waals surface area contributed by atoms with E-state index in [1.165, 1.54) is 4.90 Å². The molecule has 1 aliphatic rings. The summed E-state index contributed by atoms with van der Waals surface area (Å²) in [6.45, 7) is 6.99. The van der Waals surface area contributed by atoms with Gasteiger partial charge in [-0.1, -0.05) is 30.3 Å². The maximum atomic E-state index is 12.4. The van der Waals surface area contributed by atoms with Gasteiger partial charge >= 0.3 is 12.1 Å². The number of ether oxygens (including phenoxy) is 3. The first-order valence-corrected chi connectivity index (χ1v) is 10.6. The Morgan fingerprint density at radius 3 is 2.41 bits per heavy atom. The zero-order valence-corrected chi connectivity index (χ0v) is 18.4. The summed E-state index contributed by atoms with van der Waals surface area (Å²) in [6.07, 6.45) is 2.28. The molecular formula is C22H32ClNO5. The molecule has 0 radical (unpaired) electrons. The predicted molar refractivity (Wildman–Crippen MR) is 112 cm³/mol. The molecule has 0 heterocycles. The predicted octanol–water partition coefficient (Wildman–Crippen LogP) is 4.39. The summed E-state index contributed by atoms with van der Waals surface area (Å²) in [5.41, 5.74) is 0.498. The van der Waals surface area contributed by atoms with Gasteiger partial charge in [0.25, 0.3) is 0 Å². The van der Waals surface area contributed by atoms with Crippen molar-refractivity contribution in [1.29, 1.82) is 0 Å². The van der Waals surface area contributed by atoms with Crippen LogP contribution in [-0.2, 0) is 25.6 Å². The second-order valence-corrected chi connectivity index (χ2v) is 8.91. The first-order chi connectivity index (χ1) is 13.7. The van der Waals surface area contributed by atoms with E-state index in [0.717, 1.165) is 24.8 Å². The van der Waals surface area contributed by atoms with Crippen LogP contribution >= 0.6 is 11.6 Å². The molecule has 1 amide bonds. The molecule has 29 heavy (non-hydrogen) atoms. The van der Waals surface area contributed by atoms with E-state index in [-0.39, 0.29) is 24.4 Å². The normalized spacial score (nSPS) is 14.9. The Labute approximate surface area is 178 Å². The summed E-state index contributed by atoms with van der Waals surface area (Å²) in [5.74, 6) is -0.235. The molecule has 0 spiro atoms. The Balaban J connectivity index is 1.86. The molecule has 1 aromatic rings. The van der Waals surface area contributed by atoms with Gasteiger partial charge in [-0.2, -0.15) is 0 Å². The maximum absolute atomic E-state index is 12.4. The van der Waals surface area contributed by atoms with E-state index in [2.05, 4.69) is 0 Å². The van der Waals surface area contributed by atoms with Crippen molar-refractivity contribution in [3.63, 3.8) is 0 Å². The molecule has 0 aromatic heterocycles. The number of hydrogen-bond donors (Lipinski definition) is 0. The highest BCUT2D eigenvalue weighted by atomic mass is 35.5. The summed E-state index contributed by atoms with van der Waals surface area (Å²) in [6, 6.07) is 10.0. The molecule has 0 aliphatic heterocycles. The number of rotatable bonds is 11. The van der Waals surface area contributed by atoms with E-state index in [1.54, 1.807) is 20.8 Å². The molecule has 162 valence electrons. The van der Waals surface area contributed by atoms with Gasteiger partial charge in [-0.3, -0.25) is 9.69 Å². The number of amides is 1. The molecule has 1 saturated carbocycles. The van der Waals surface area contributed by atoms with Crippen LogP contribution in [0.2, 0.25) is 0 Å². The Hall–Kier alpha value is -1.79. The SMILES string of the molecule is CC(C)(C)OC(=O)CN(CC1(CCOCc2ccccc2)CC1)C(=O)OCCCl. The van der Waals surface area contributed by atoms with Crippen molar-refractivity contribution in [2.75, 3.05) is 32.2 Å². The smallest absolute Gasteiger partial charge is 0.410 e. The van der Waals surface area contributed by atoms with Crippen LogP contribution in [0.25, 0.3) is 0 Å². The Bertz CT molecular complexity index is 655. The number of carbonyl (C=O) groups is 2. The lowest BCUT2D eigenvalue weighted by Crippen LogP contribution is -2.42. The average molecular weight is 426 g/mol. The first kappa shape index (κ1) is 23.5. The minimum atomic E-state index is -0.606. The fraction of sp³-hybridized carbons (Fsp3) is 0.636. The fourth-order valence-electron chi connectivity index (χ4n) is 3.05. The summed E-state index contributed by atoms with van der Waals surface area (Å²) in [4.78, 5) is 26.1. The number of hydrogen-bond acceptors (Lipinski definition) is 5. The third kappa shape index (κ3) is 9.05. The van der Waals surface area contributed by atoms with Crippen LogP contribution < -0.4 is 0 Å². The van der Waals surface area contributed by atoms with Crippen molar-refractivity contribution in [1.82, 2.24) is 4.90 Å². The number of nitrogens with zero attached hydrogens (tertiary/aromatic N) is 1. The highest BCUT2D eigenvalue weighted by Gasteiger charge is 2.45. The van der Waals surface area contributed by atoms with Crippen LogP contribution in [0.1, 0.15) is 45.6 Å². The summed E-state index contributed by atoms with van der Waals surface area (Å²) >= 11 is 5.62. The Kier molecular flexibility index (Phi) is 8.78. The van der Waals surface area contributed by atoms with Crippen LogP contribution in [0.5, 0.6) is 0 Å². The van der Waals surface area contributed by atoms with Crippen LogP contribution in [-0.4, -0.2) is 54.7 Å². The Morgan fingerprint density at radius 1 is 1.14 bits per heavy atom. The van der Waals surface area contributed by atoms with Gasteiger partial charge in [0.05, 0.1) is 12.5 Å². The van der Waals surface area contributed by atoms with Gasteiger partial charge in [-0.15, -0.1) is 11.6 Å². The van der Waals surface area contributed by atoms with E-state index in [0.29, 0.717) is 19.8 Å². The zero-order chi connectivity index (χ0) is 21.3. The lowest BCUT2D eigenvalue weighted by atomic mass is 10.0. The van der Waals surface area contributed by atoms with Crippen molar-refractivity contribution >= 4 is 23.7 Å². The molecule has 0 saturated heterocycles. The van der Waals surface area contributed by atoms with Crippen molar-refractivity contribution in [3.05, 3.63) is 35.9 Å². The standard InChI is InChI=1S/C22H32ClNO5/c1-21(2,3)29-19(25)15-24(20(26)28-14-12-23)17-22(9-10-22)11-13-27-16-18-7-5-4-6-8-18/h4-8H,9-17H2,1-3H3. The molecule has 0 N–H and O–H groups in total. The van der Waals surface area contributed by atoms with Crippen LogP contribution in [0, 0.1) is 5.41 Å². The summed E-state index contributed by atoms with van der Waals surface area (Å²) < 4.78 is 16.3. The number of esters is 1. The minimum Gasteiger partial charge on any atom is -0.459 e. The van der Waals surface area contributed by atoms with Crippen molar-refractivity contribution in [2.24, 2.45) is 5.41 Å². The van der Waals surface area contributed by atoms with Gasteiger partial charge in [0.2, 0.25) is 0 Å². The number of halogens is 1. The molecule has 6 nitrogen and oxygen atoms in total. The molecule has 0 bridgehead atoms. The third-order valence-electron chi connectivity index (χ3n) is 4.67. The lowest BCUT2D eigenvalue weighted by molar-refractivity contribution is -0.155. The largest absolute Gasteiger partial charge is 0.459 e. The van der Waals surface area contributed by atoms with E-state index in [1.807, 2.05) is 30.3 Å². The van der Waals surface area contributed by atoms with E-state index in [9.17, 15) is 9.59 Å². The van der Waals surface area contributed by atoms with Crippen LogP contribution in [0.15, 0.2) is 30.3 Å². The molecule has 2 rings (SSSR count). The molecule has 1 aromatic carbocycles. The topological polar surface area (TPSA) is 65.1 Å². The van der Waals surface area contributed by atoms with Gasteiger partial charge in [0.1, 0.15) is 18.8 Å². The quantitative estimate of drug-likeness (QED) is 0.299. The molecule has 7 heteroatoms. The monoisotopic (exact) mass is 425 g/mol. The first-order valence-electron chi connectivity index (χ1n) is 10.0. The van der Waals surface area contributed by atoms with Gasteiger partial charge in [-0.05, 0) is 51.0 Å². The zero-order valence-electron chi connectivity index (χ0n) is 17.6. The second-order valence-electron chi connectivity index (χ2n) is 8.53. The van der Waals surface area contributed by atoms with Gasteiger partial charge in [-0.25, -0.2) is 4.79 Å². The molecule has 0 unspecified atom stereocenters. The van der Waals surface area contributed by atoms with Gasteiger partial charge < -0.3 is 14.2 Å². The molecule has 0 atom stereocenters. The number of carbonyl (C=O) groups excluding carboxylic acids is 2. The average Bonchev–Trinajstić information content (AvgIpc) is 3.42. The summed E-state index contributed by atoms with van der Waals surface area (Å²) in [7, 11) is 0. The second kappa shape index (κ2) is 10.8. The van der Waals surface area contributed by atoms with E-state index >= 15 is 0 Å². The van der Waals surface area contributed by atoms with Crippen molar-refractivity contribution < 1.29 is 23.8 Å². The number of alkyl halides is 1.